The van der Waals surface area contributed by atoms with Crippen molar-refractivity contribution < 1.29 is 22.8 Å². The third kappa shape index (κ3) is 4.25. The summed E-state index contributed by atoms with van der Waals surface area (Å²) in [5, 5.41) is 11.8. The number of carbonyl (C=O) groups is 2. The summed E-state index contributed by atoms with van der Waals surface area (Å²) in [5.74, 6) is -2.19. The Labute approximate surface area is 137 Å². The van der Waals surface area contributed by atoms with Gasteiger partial charge in [0.2, 0.25) is 11.8 Å². The second-order valence-electron chi connectivity index (χ2n) is 5.72. The van der Waals surface area contributed by atoms with Crippen LogP contribution in [0.1, 0.15) is 23.6 Å². The van der Waals surface area contributed by atoms with Gasteiger partial charge in [0.05, 0.1) is 12.0 Å². The highest BCUT2D eigenvalue weighted by Gasteiger charge is 2.40. The van der Waals surface area contributed by atoms with E-state index in [9.17, 15) is 28.0 Å². The molecule has 0 spiro atoms. The molecule has 2 rings (SSSR count). The van der Waals surface area contributed by atoms with Crippen molar-refractivity contribution in [3.8, 4) is 6.07 Å². The van der Waals surface area contributed by atoms with Crippen molar-refractivity contribution in [2.45, 2.75) is 25.6 Å². The Kier molecular flexibility index (Phi) is 5.12. The molecule has 2 amide bonds. The first-order valence-corrected chi connectivity index (χ1v) is 7.31. The molecule has 1 aromatic carbocycles. The van der Waals surface area contributed by atoms with Crippen LogP contribution in [0.15, 0.2) is 24.3 Å². The molecule has 1 aliphatic rings. The highest BCUT2D eigenvalue weighted by molar-refractivity contribution is 5.89. The molecule has 1 aromatic rings. The van der Waals surface area contributed by atoms with E-state index in [1.807, 2.05) is 6.07 Å². The van der Waals surface area contributed by atoms with E-state index >= 15 is 0 Å². The number of halogens is 3. The molecule has 8 heteroatoms. The zero-order valence-electron chi connectivity index (χ0n) is 12.9. The molecule has 0 aromatic heterocycles. The molecule has 0 bridgehead atoms. The van der Waals surface area contributed by atoms with Crippen molar-refractivity contribution in [2.75, 3.05) is 13.1 Å². The fraction of sp³-hybridized carbons (Fsp3) is 0.438. The van der Waals surface area contributed by atoms with E-state index < -0.39 is 36.5 Å². The number of benzene rings is 1. The van der Waals surface area contributed by atoms with Crippen LogP contribution in [0.5, 0.6) is 0 Å². The maximum atomic E-state index is 12.4. The van der Waals surface area contributed by atoms with Crippen molar-refractivity contribution in [3.63, 3.8) is 0 Å². The van der Waals surface area contributed by atoms with Gasteiger partial charge in [0, 0.05) is 13.0 Å². The fourth-order valence-electron chi connectivity index (χ4n) is 2.67. The lowest BCUT2D eigenvalue weighted by molar-refractivity contribution is -0.157. The van der Waals surface area contributed by atoms with Crippen LogP contribution in [0, 0.1) is 24.2 Å². The number of amides is 2. The van der Waals surface area contributed by atoms with Gasteiger partial charge in [-0.15, -0.1) is 0 Å². The van der Waals surface area contributed by atoms with Gasteiger partial charge in [-0.1, -0.05) is 24.3 Å². The molecule has 1 aliphatic heterocycles. The standard InChI is InChI=1S/C16H16F3N3O2/c1-10-4-2-3-5-12(10)13(7-20)21-15(24)11-6-14(23)22(8-11)9-16(17,18)19/h2-5,11,13H,6,8-9H2,1H3,(H,21,24)/t11-,13+/m1/s1. The fourth-order valence-corrected chi connectivity index (χ4v) is 2.67. The minimum atomic E-state index is -4.50. The topological polar surface area (TPSA) is 73.2 Å². The van der Waals surface area contributed by atoms with E-state index in [1.165, 1.54) is 0 Å². The van der Waals surface area contributed by atoms with Crippen LogP contribution in [0.25, 0.3) is 0 Å². The number of likely N-dealkylation sites (tertiary alicyclic amines) is 1. The lowest BCUT2D eigenvalue weighted by Gasteiger charge is -2.19. The lowest BCUT2D eigenvalue weighted by atomic mass is 10.0. The molecular weight excluding hydrogens is 323 g/mol. The first-order valence-electron chi connectivity index (χ1n) is 7.31. The molecule has 2 atom stereocenters. The first kappa shape index (κ1) is 17.8. The van der Waals surface area contributed by atoms with Crippen LogP contribution in [0.3, 0.4) is 0 Å². The minimum absolute atomic E-state index is 0.284. The molecule has 0 radical (unpaired) electrons. The van der Waals surface area contributed by atoms with Gasteiger partial charge >= 0.3 is 6.18 Å². The van der Waals surface area contributed by atoms with Crippen molar-refractivity contribution in [3.05, 3.63) is 35.4 Å². The molecule has 0 unspecified atom stereocenters. The second-order valence-corrected chi connectivity index (χ2v) is 5.72. The van der Waals surface area contributed by atoms with E-state index in [0.717, 1.165) is 5.56 Å². The van der Waals surface area contributed by atoms with Gasteiger partial charge in [0.15, 0.2) is 0 Å². The third-order valence-corrected chi connectivity index (χ3v) is 3.87. The average molecular weight is 339 g/mol. The molecular formula is C16H16F3N3O2. The lowest BCUT2D eigenvalue weighted by Crippen LogP contribution is -2.38. The Morgan fingerprint density at radius 3 is 2.71 bits per heavy atom. The van der Waals surface area contributed by atoms with Crippen LogP contribution in [0.4, 0.5) is 13.2 Å². The Morgan fingerprint density at radius 1 is 1.46 bits per heavy atom. The Balaban J connectivity index is 2.04. The smallest absolute Gasteiger partial charge is 0.336 e. The quantitative estimate of drug-likeness (QED) is 0.913. The van der Waals surface area contributed by atoms with Crippen molar-refractivity contribution in [1.29, 1.82) is 5.26 Å². The van der Waals surface area contributed by atoms with Gasteiger partial charge in [0.25, 0.3) is 0 Å². The second kappa shape index (κ2) is 6.91. The number of aryl methyl sites for hydroxylation is 1. The largest absolute Gasteiger partial charge is 0.406 e. The summed E-state index contributed by atoms with van der Waals surface area (Å²) >= 11 is 0. The number of alkyl halides is 3. The van der Waals surface area contributed by atoms with E-state index in [0.29, 0.717) is 10.5 Å². The summed E-state index contributed by atoms with van der Waals surface area (Å²) in [4.78, 5) is 24.5. The van der Waals surface area contributed by atoms with Gasteiger partial charge in [-0.05, 0) is 18.1 Å². The van der Waals surface area contributed by atoms with Crippen molar-refractivity contribution >= 4 is 11.8 Å². The molecule has 0 saturated carbocycles. The number of carbonyl (C=O) groups excluding carboxylic acids is 2. The zero-order chi connectivity index (χ0) is 17.9. The summed E-state index contributed by atoms with van der Waals surface area (Å²) < 4.78 is 37.2. The summed E-state index contributed by atoms with van der Waals surface area (Å²) in [6.07, 6.45) is -4.79. The molecule has 5 nitrogen and oxygen atoms in total. The summed E-state index contributed by atoms with van der Waals surface area (Å²) in [5.41, 5.74) is 1.43. The zero-order valence-corrected chi connectivity index (χ0v) is 12.9. The number of nitriles is 1. The summed E-state index contributed by atoms with van der Waals surface area (Å²) in [7, 11) is 0. The van der Waals surface area contributed by atoms with Gasteiger partial charge in [0.1, 0.15) is 12.6 Å². The molecule has 1 heterocycles. The number of nitrogens with one attached hydrogen (secondary N) is 1. The van der Waals surface area contributed by atoms with Crippen LogP contribution >= 0.6 is 0 Å². The molecule has 0 aliphatic carbocycles. The van der Waals surface area contributed by atoms with Gasteiger partial charge in [-0.2, -0.15) is 18.4 Å². The summed E-state index contributed by atoms with van der Waals surface area (Å²) in [6.45, 7) is 0.126. The van der Waals surface area contributed by atoms with Crippen LogP contribution in [-0.2, 0) is 9.59 Å². The Morgan fingerprint density at radius 2 is 2.12 bits per heavy atom. The first-order chi connectivity index (χ1) is 11.2. The van der Waals surface area contributed by atoms with Crippen molar-refractivity contribution in [1.82, 2.24) is 10.2 Å². The highest BCUT2D eigenvalue weighted by atomic mass is 19.4. The molecule has 1 fully saturated rings. The van der Waals surface area contributed by atoms with Gasteiger partial charge in [-0.25, -0.2) is 0 Å². The van der Waals surface area contributed by atoms with Crippen LogP contribution in [0.2, 0.25) is 0 Å². The number of rotatable bonds is 4. The minimum Gasteiger partial charge on any atom is -0.336 e. The summed E-state index contributed by atoms with van der Waals surface area (Å²) in [6, 6.07) is 8.05. The molecule has 24 heavy (non-hydrogen) atoms. The van der Waals surface area contributed by atoms with Gasteiger partial charge in [-0.3, -0.25) is 9.59 Å². The maximum absolute atomic E-state index is 12.4. The highest BCUT2D eigenvalue weighted by Crippen LogP contribution is 2.25. The van der Waals surface area contributed by atoms with Crippen LogP contribution in [-0.4, -0.2) is 36.0 Å². The third-order valence-electron chi connectivity index (χ3n) is 3.87. The predicted molar refractivity (Wildman–Crippen MR) is 78.4 cm³/mol. The maximum Gasteiger partial charge on any atom is 0.406 e. The van der Waals surface area contributed by atoms with E-state index in [4.69, 9.17) is 0 Å². The molecule has 1 N–H and O–H groups in total. The molecule has 1 saturated heterocycles. The van der Waals surface area contributed by atoms with E-state index in [1.54, 1.807) is 31.2 Å². The number of hydrogen-bond donors (Lipinski definition) is 1. The Bertz CT molecular complexity index is 682. The van der Waals surface area contributed by atoms with Crippen molar-refractivity contribution in [2.24, 2.45) is 5.92 Å². The normalized spacial score (nSPS) is 19.0. The Hall–Kier alpha value is -2.56. The van der Waals surface area contributed by atoms with Crippen LogP contribution < -0.4 is 5.32 Å². The van der Waals surface area contributed by atoms with E-state index in [-0.39, 0.29) is 13.0 Å². The number of hydrogen-bond acceptors (Lipinski definition) is 3. The SMILES string of the molecule is Cc1ccccc1[C@H](C#N)NC(=O)[C@@H]1CC(=O)N(CC(F)(F)F)C1. The monoisotopic (exact) mass is 339 g/mol. The average Bonchev–Trinajstić information content (AvgIpc) is 2.85. The predicted octanol–water partition coefficient (Wildman–Crippen LogP) is 2.09. The molecule has 128 valence electrons. The van der Waals surface area contributed by atoms with E-state index in [2.05, 4.69) is 5.32 Å². The number of nitrogens with zero attached hydrogens (tertiary/aromatic N) is 2. The van der Waals surface area contributed by atoms with Gasteiger partial charge < -0.3 is 10.2 Å².